The number of amides is 1. The topological polar surface area (TPSA) is 96.7 Å². The van der Waals surface area contributed by atoms with E-state index in [0.29, 0.717) is 12.6 Å². The first kappa shape index (κ1) is 23.3. The molecule has 4 rings (SSSR count). The number of rotatable bonds is 4. The number of carbonyl (C=O) groups is 1. The van der Waals surface area contributed by atoms with Gasteiger partial charge in [0.05, 0.1) is 18.7 Å². The van der Waals surface area contributed by atoms with Gasteiger partial charge in [-0.3, -0.25) is 4.79 Å². The smallest absolute Gasteiger partial charge is 0.243 e. The maximum absolute atomic E-state index is 12.1. The van der Waals surface area contributed by atoms with Crippen LogP contribution in [0.5, 0.6) is 5.75 Å². The third-order valence-corrected chi connectivity index (χ3v) is 5.43. The molecule has 0 fully saturated rings. The monoisotopic (exact) mass is 539 g/mol. The Morgan fingerprint density at radius 2 is 2.03 bits per heavy atom. The summed E-state index contributed by atoms with van der Waals surface area (Å²) in [5.74, 6) is 3.13. The summed E-state index contributed by atoms with van der Waals surface area (Å²) in [5, 5.41) is 11.5. The molecule has 10 heteroatoms. The van der Waals surface area contributed by atoms with Gasteiger partial charge < -0.3 is 20.3 Å². The number of guanidine groups is 1. The van der Waals surface area contributed by atoms with E-state index >= 15 is 0 Å². The Labute approximate surface area is 199 Å². The van der Waals surface area contributed by atoms with Crippen LogP contribution in [0.1, 0.15) is 48.6 Å². The fraction of sp³-hybridized carbons (Fsp3) is 0.524. The molecule has 0 spiro atoms. The number of benzene rings is 1. The largest absolute Gasteiger partial charge is 0.493 e. The van der Waals surface area contributed by atoms with E-state index in [4.69, 9.17) is 4.74 Å². The number of nitrogens with zero attached hydrogens (tertiary/aromatic N) is 5. The molecule has 9 nitrogen and oxygen atoms in total. The summed E-state index contributed by atoms with van der Waals surface area (Å²) in [6.45, 7) is 3.49. The van der Waals surface area contributed by atoms with Crippen LogP contribution in [0.3, 0.4) is 0 Å². The molecule has 0 saturated heterocycles. The highest BCUT2D eigenvalue weighted by molar-refractivity contribution is 14.0. The van der Waals surface area contributed by atoms with Gasteiger partial charge in [0.1, 0.15) is 23.9 Å². The number of fused-ring (bicyclic) bond motifs is 2. The number of carbonyl (C=O) groups excluding carboxylic acids is 1. The highest BCUT2D eigenvalue weighted by Gasteiger charge is 2.27. The predicted octanol–water partition coefficient (Wildman–Crippen LogP) is 2.19. The minimum atomic E-state index is -0.0499. The lowest BCUT2D eigenvalue weighted by atomic mass is 10.0. The zero-order valence-electron chi connectivity index (χ0n) is 18.2. The van der Waals surface area contributed by atoms with Gasteiger partial charge in [0, 0.05) is 32.6 Å². The van der Waals surface area contributed by atoms with Gasteiger partial charge in [-0.05, 0) is 25.8 Å². The van der Waals surface area contributed by atoms with Crippen molar-refractivity contribution in [3.63, 3.8) is 0 Å². The zero-order valence-corrected chi connectivity index (χ0v) is 20.5. The van der Waals surface area contributed by atoms with Gasteiger partial charge in [-0.2, -0.15) is 5.10 Å². The minimum absolute atomic E-state index is 0. The Balaban J connectivity index is 0.00000272. The van der Waals surface area contributed by atoms with Crippen LogP contribution in [-0.2, 0) is 11.3 Å². The SMILES string of the molecule is Cc1nc2n(n1)CCCC2NC(=NCC(=O)N(C)C)NC1CCOc2ccccc21.I. The number of nitrogens with one attached hydrogen (secondary N) is 2. The Bertz CT molecular complexity index is 944. The summed E-state index contributed by atoms with van der Waals surface area (Å²) in [5.41, 5.74) is 1.10. The molecule has 31 heavy (non-hydrogen) atoms. The molecule has 1 amide bonds. The molecule has 2 aliphatic heterocycles. The van der Waals surface area contributed by atoms with Gasteiger partial charge in [-0.1, -0.05) is 18.2 Å². The van der Waals surface area contributed by atoms with Crippen molar-refractivity contribution in [1.29, 1.82) is 0 Å². The normalized spacial score (nSPS) is 19.9. The van der Waals surface area contributed by atoms with Crippen LogP contribution in [-0.4, -0.2) is 58.8 Å². The third-order valence-electron chi connectivity index (χ3n) is 5.43. The number of ether oxygens (including phenoxy) is 1. The molecule has 2 N–H and O–H groups in total. The van der Waals surface area contributed by atoms with Gasteiger partial charge in [0.15, 0.2) is 5.96 Å². The van der Waals surface area contributed by atoms with Crippen LogP contribution in [0, 0.1) is 6.92 Å². The highest BCUT2D eigenvalue weighted by atomic mass is 127. The summed E-state index contributed by atoms with van der Waals surface area (Å²) < 4.78 is 7.74. The fourth-order valence-electron chi connectivity index (χ4n) is 3.85. The number of halogens is 1. The minimum Gasteiger partial charge on any atom is -0.493 e. The van der Waals surface area contributed by atoms with Crippen LogP contribution in [0.4, 0.5) is 0 Å². The van der Waals surface area contributed by atoms with Crippen molar-refractivity contribution in [2.75, 3.05) is 27.2 Å². The Morgan fingerprint density at radius 1 is 1.26 bits per heavy atom. The zero-order chi connectivity index (χ0) is 21.1. The van der Waals surface area contributed by atoms with Crippen molar-refractivity contribution >= 4 is 35.8 Å². The number of aryl methyl sites for hydroxylation is 2. The lowest BCUT2D eigenvalue weighted by Crippen LogP contribution is -2.44. The molecule has 2 aliphatic rings. The number of aromatic nitrogens is 3. The number of para-hydroxylation sites is 1. The van der Waals surface area contributed by atoms with E-state index in [0.717, 1.165) is 48.8 Å². The first-order valence-electron chi connectivity index (χ1n) is 10.4. The molecule has 2 atom stereocenters. The molecule has 0 bridgehead atoms. The first-order chi connectivity index (χ1) is 14.5. The summed E-state index contributed by atoms with van der Waals surface area (Å²) in [4.78, 5) is 22.9. The number of hydrogen-bond acceptors (Lipinski definition) is 5. The molecule has 2 aromatic rings. The second kappa shape index (κ2) is 10.3. The molecule has 0 radical (unpaired) electrons. The molecule has 1 aromatic carbocycles. The van der Waals surface area contributed by atoms with E-state index in [1.54, 1.807) is 19.0 Å². The van der Waals surface area contributed by atoms with Gasteiger partial charge in [0.25, 0.3) is 0 Å². The van der Waals surface area contributed by atoms with Crippen molar-refractivity contribution in [2.24, 2.45) is 4.99 Å². The number of hydrogen-bond donors (Lipinski definition) is 2. The van der Waals surface area contributed by atoms with E-state index in [1.807, 2.05) is 29.8 Å². The standard InChI is InChI=1S/C21H29N7O2.HI/c1-14-23-20-17(8-6-11-28(20)26-14)25-21(22-13-19(29)27(2)3)24-16-10-12-30-18-9-5-4-7-15(16)18;/h4-5,7,9,16-17H,6,8,10-13H2,1-3H3,(H2,22,24,25);1H. The Morgan fingerprint density at radius 3 is 2.84 bits per heavy atom. The fourth-order valence-corrected chi connectivity index (χ4v) is 3.85. The van der Waals surface area contributed by atoms with E-state index < -0.39 is 0 Å². The van der Waals surface area contributed by atoms with Crippen molar-refractivity contribution in [1.82, 2.24) is 30.3 Å². The van der Waals surface area contributed by atoms with Crippen LogP contribution >= 0.6 is 24.0 Å². The summed E-state index contributed by atoms with van der Waals surface area (Å²) in [7, 11) is 3.47. The van der Waals surface area contributed by atoms with Gasteiger partial charge in [-0.15, -0.1) is 24.0 Å². The summed E-state index contributed by atoms with van der Waals surface area (Å²) in [6, 6.07) is 8.08. The first-order valence-corrected chi connectivity index (χ1v) is 10.4. The van der Waals surface area contributed by atoms with Crippen LogP contribution in [0.15, 0.2) is 29.3 Å². The second-order valence-electron chi connectivity index (χ2n) is 7.90. The van der Waals surface area contributed by atoms with Gasteiger partial charge >= 0.3 is 0 Å². The highest BCUT2D eigenvalue weighted by Crippen LogP contribution is 2.31. The van der Waals surface area contributed by atoms with Crippen molar-refractivity contribution in [2.45, 2.75) is 44.8 Å². The van der Waals surface area contributed by atoms with Crippen molar-refractivity contribution in [3.05, 3.63) is 41.5 Å². The molecule has 3 heterocycles. The predicted molar refractivity (Wildman–Crippen MR) is 129 cm³/mol. The van der Waals surface area contributed by atoms with E-state index in [2.05, 4.69) is 31.8 Å². The van der Waals surface area contributed by atoms with Crippen LogP contribution in [0.25, 0.3) is 0 Å². The van der Waals surface area contributed by atoms with Crippen LogP contribution < -0.4 is 15.4 Å². The summed E-state index contributed by atoms with van der Waals surface area (Å²) in [6.07, 6.45) is 2.77. The maximum Gasteiger partial charge on any atom is 0.243 e. The molecule has 2 unspecified atom stereocenters. The lowest BCUT2D eigenvalue weighted by Gasteiger charge is -2.30. The second-order valence-corrected chi connectivity index (χ2v) is 7.90. The van der Waals surface area contributed by atoms with Gasteiger partial charge in [0.2, 0.25) is 5.91 Å². The van der Waals surface area contributed by atoms with E-state index in [-0.39, 0.29) is 48.5 Å². The molecule has 1 aromatic heterocycles. The number of likely N-dealkylation sites (N-methyl/N-ethyl adjacent to an activating group) is 1. The van der Waals surface area contributed by atoms with Gasteiger partial charge in [-0.25, -0.2) is 14.7 Å². The molecule has 0 aliphatic carbocycles. The Kier molecular flexibility index (Phi) is 7.74. The van der Waals surface area contributed by atoms with E-state index in [1.165, 1.54) is 0 Å². The average molecular weight is 539 g/mol. The van der Waals surface area contributed by atoms with Crippen molar-refractivity contribution < 1.29 is 9.53 Å². The molecular weight excluding hydrogens is 509 g/mol. The number of aliphatic imine (C=N–C) groups is 1. The summed E-state index contributed by atoms with van der Waals surface area (Å²) >= 11 is 0. The maximum atomic E-state index is 12.1. The Hall–Kier alpha value is -2.37. The lowest BCUT2D eigenvalue weighted by molar-refractivity contribution is -0.127. The van der Waals surface area contributed by atoms with Crippen molar-refractivity contribution in [3.8, 4) is 5.75 Å². The average Bonchev–Trinajstić information content (AvgIpc) is 3.13. The third kappa shape index (κ3) is 5.46. The molecular formula is C21H30IN7O2. The molecule has 0 saturated carbocycles. The molecule has 168 valence electrons. The van der Waals surface area contributed by atoms with Crippen LogP contribution in [0.2, 0.25) is 0 Å². The quantitative estimate of drug-likeness (QED) is 0.352. The van der Waals surface area contributed by atoms with E-state index in [9.17, 15) is 4.79 Å².